The van der Waals surface area contributed by atoms with Gasteiger partial charge in [0, 0.05) is 25.7 Å². The van der Waals surface area contributed by atoms with Gasteiger partial charge in [0.2, 0.25) is 0 Å². The summed E-state index contributed by atoms with van der Waals surface area (Å²) in [7, 11) is 0. The maximum Gasteiger partial charge on any atom is 0.0223 e. The standard InChI is InChI=1S/C14H30N2/c1-4-5-6-7-9-16-10-8-15-12-14(16)11-13(2)3/h13-15H,4-12H2,1-3H3. The van der Waals surface area contributed by atoms with Gasteiger partial charge in [0.05, 0.1) is 0 Å². The molecule has 0 radical (unpaired) electrons. The smallest absolute Gasteiger partial charge is 0.0223 e. The van der Waals surface area contributed by atoms with Gasteiger partial charge in [0.25, 0.3) is 0 Å². The Morgan fingerprint density at radius 2 is 2.06 bits per heavy atom. The van der Waals surface area contributed by atoms with E-state index in [1.54, 1.807) is 0 Å². The van der Waals surface area contributed by atoms with Crippen LogP contribution in [0.5, 0.6) is 0 Å². The molecule has 0 aromatic carbocycles. The van der Waals surface area contributed by atoms with Crippen molar-refractivity contribution in [3.63, 3.8) is 0 Å². The topological polar surface area (TPSA) is 15.3 Å². The van der Waals surface area contributed by atoms with Crippen LogP contribution < -0.4 is 5.32 Å². The van der Waals surface area contributed by atoms with Crippen molar-refractivity contribution in [2.24, 2.45) is 5.92 Å². The Bertz CT molecular complexity index is 168. The molecule has 16 heavy (non-hydrogen) atoms. The molecule has 96 valence electrons. The molecule has 2 heteroatoms. The van der Waals surface area contributed by atoms with E-state index in [4.69, 9.17) is 0 Å². The van der Waals surface area contributed by atoms with Gasteiger partial charge in [-0.15, -0.1) is 0 Å². The summed E-state index contributed by atoms with van der Waals surface area (Å²) in [5, 5.41) is 3.53. The number of hydrogen-bond acceptors (Lipinski definition) is 2. The molecule has 1 unspecified atom stereocenters. The minimum Gasteiger partial charge on any atom is -0.314 e. The maximum atomic E-state index is 3.53. The lowest BCUT2D eigenvalue weighted by Gasteiger charge is -2.37. The minimum absolute atomic E-state index is 0.787. The zero-order valence-electron chi connectivity index (χ0n) is 11.5. The molecule has 0 aromatic heterocycles. The average molecular weight is 226 g/mol. The Hall–Kier alpha value is -0.0800. The highest BCUT2D eigenvalue weighted by atomic mass is 15.2. The molecule has 0 saturated carbocycles. The monoisotopic (exact) mass is 226 g/mol. The van der Waals surface area contributed by atoms with Crippen LogP contribution in [0.25, 0.3) is 0 Å². The minimum atomic E-state index is 0.787. The SMILES string of the molecule is CCCCCCN1CCNCC1CC(C)C. The normalized spacial score (nSPS) is 22.9. The van der Waals surface area contributed by atoms with Crippen LogP contribution >= 0.6 is 0 Å². The summed E-state index contributed by atoms with van der Waals surface area (Å²) in [5.41, 5.74) is 0. The van der Waals surface area contributed by atoms with E-state index in [9.17, 15) is 0 Å². The average Bonchev–Trinajstić information content (AvgIpc) is 2.26. The number of rotatable bonds is 7. The van der Waals surface area contributed by atoms with Crippen molar-refractivity contribution in [3.8, 4) is 0 Å². The first-order valence-electron chi connectivity index (χ1n) is 7.18. The predicted octanol–water partition coefficient (Wildman–Crippen LogP) is 2.89. The Kier molecular flexibility index (Phi) is 7.06. The fourth-order valence-electron chi connectivity index (χ4n) is 2.62. The van der Waals surface area contributed by atoms with Crippen LogP contribution in [-0.4, -0.2) is 37.1 Å². The molecule has 1 aliphatic rings. The summed E-state index contributed by atoms with van der Waals surface area (Å²) in [6.07, 6.45) is 6.90. The van der Waals surface area contributed by atoms with E-state index in [2.05, 4.69) is 31.0 Å². The molecule has 1 aliphatic heterocycles. The third kappa shape index (κ3) is 5.31. The highest BCUT2D eigenvalue weighted by molar-refractivity contribution is 4.80. The highest BCUT2D eigenvalue weighted by Crippen LogP contribution is 2.14. The first-order chi connectivity index (χ1) is 7.74. The van der Waals surface area contributed by atoms with Gasteiger partial charge in [-0.3, -0.25) is 4.90 Å². The number of hydrogen-bond donors (Lipinski definition) is 1. The van der Waals surface area contributed by atoms with Gasteiger partial charge in [-0.05, 0) is 25.3 Å². The summed E-state index contributed by atoms with van der Waals surface area (Å²) in [6.45, 7) is 11.9. The van der Waals surface area contributed by atoms with Gasteiger partial charge in [-0.1, -0.05) is 40.0 Å². The first-order valence-corrected chi connectivity index (χ1v) is 7.18. The molecule has 1 fully saturated rings. The molecule has 1 atom stereocenters. The van der Waals surface area contributed by atoms with Crippen LogP contribution in [-0.2, 0) is 0 Å². The maximum absolute atomic E-state index is 3.53. The van der Waals surface area contributed by atoms with Crippen LogP contribution in [0.15, 0.2) is 0 Å². The highest BCUT2D eigenvalue weighted by Gasteiger charge is 2.21. The number of nitrogens with zero attached hydrogens (tertiary/aromatic N) is 1. The zero-order chi connectivity index (χ0) is 11.8. The van der Waals surface area contributed by atoms with Crippen LogP contribution in [0.4, 0.5) is 0 Å². The van der Waals surface area contributed by atoms with Crippen molar-refractivity contribution in [2.45, 2.75) is 58.9 Å². The second-order valence-electron chi connectivity index (χ2n) is 5.58. The molecule has 0 amide bonds. The van der Waals surface area contributed by atoms with Crippen molar-refractivity contribution in [1.29, 1.82) is 0 Å². The lowest BCUT2D eigenvalue weighted by atomic mass is 10.0. The Balaban J connectivity index is 2.23. The lowest BCUT2D eigenvalue weighted by Crippen LogP contribution is -2.51. The molecular weight excluding hydrogens is 196 g/mol. The Morgan fingerprint density at radius 1 is 1.25 bits per heavy atom. The molecule has 1 rings (SSSR count). The molecule has 1 heterocycles. The van der Waals surface area contributed by atoms with Gasteiger partial charge < -0.3 is 5.32 Å². The van der Waals surface area contributed by atoms with Crippen molar-refractivity contribution in [1.82, 2.24) is 10.2 Å². The van der Waals surface area contributed by atoms with E-state index in [1.165, 1.54) is 58.3 Å². The van der Waals surface area contributed by atoms with E-state index in [-0.39, 0.29) is 0 Å². The molecule has 0 aliphatic carbocycles. The van der Waals surface area contributed by atoms with Gasteiger partial charge in [0.1, 0.15) is 0 Å². The van der Waals surface area contributed by atoms with Crippen LogP contribution in [0, 0.1) is 5.92 Å². The van der Waals surface area contributed by atoms with E-state index in [1.807, 2.05) is 0 Å². The lowest BCUT2D eigenvalue weighted by molar-refractivity contribution is 0.139. The molecule has 1 N–H and O–H groups in total. The summed E-state index contributed by atoms with van der Waals surface area (Å²) >= 11 is 0. The molecule has 0 aromatic rings. The quantitative estimate of drug-likeness (QED) is 0.672. The van der Waals surface area contributed by atoms with Crippen molar-refractivity contribution in [2.75, 3.05) is 26.2 Å². The second kappa shape index (κ2) is 8.08. The molecule has 2 nitrogen and oxygen atoms in total. The van der Waals surface area contributed by atoms with E-state index in [0.717, 1.165) is 12.0 Å². The van der Waals surface area contributed by atoms with Crippen LogP contribution in [0.2, 0.25) is 0 Å². The number of unbranched alkanes of at least 4 members (excludes halogenated alkanes) is 3. The third-order valence-electron chi connectivity index (χ3n) is 3.51. The largest absolute Gasteiger partial charge is 0.314 e. The van der Waals surface area contributed by atoms with Crippen LogP contribution in [0.3, 0.4) is 0 Å². The predicted molar refractivity (Wildman–Crippen MR) is 71.8 cm³/mol. The molecule has 1 saturated heterocycles. The first kappa shape index (κ1) is 14.0. The van der Waals surface area contributed by atoms with Gasteiger partial charge in [-0.2, -0.15) is 0 Å². The van der Waals surface area contributed by atoms with Gasteiger partial charge >= 0.3 is 0 Å². The summed E-state index contributed by atoms with van der Waals surface area (Å²) in [6, 6.07) is 0.787. The van der Waals surface area contributed by atoms with E-state index >= 15 is 0 Å². The Labute approximate surface area is 102 Å². The number of nitrogens with one attached hydrogen (secondary N) is 1. The molecule has 0 bridgehead atoms. The fourth-order valence-corrected chi connectivity index (χ4v) is 2.62. The van der Waals surface area contributed by atoms with Gasteiger partial charge in [0.15, 0.2) is 0 Å². The summed E-state index contributed by atoms with van der Waals surface area (Å²) in [4.78, 5) is 2.71. The summed E-state index contributed by atoms with van der Waals surface area (Å²) in [5.74, 6) is 0.822. The van der Waals surface area contributed by atoms with Gasteiger partial charge in [-0.25, -0.2) is 0 Å². The molecular formula is C14H30N2. The van der Waals surface area contributed by atoms with Crippen LogP contribution in [0.1, 0.15) is 52.9 Å². The van der Waals surface area contributed by atoms with Crippen molar-refractivity contribution < 1.29 is 0 Å². The second-order valence-corrected chi connectivity index (χ2v) is 5.58. The van der Waals surface area contributed by atoms with E-state index in [0.29, 0.717) is 0 Å². The zero-order valence-corrected chi connectivity index (χ0v) is 11.5. The van der Waals surface area contributed by atoms with E-state index < -0.39 is 0 Å². The third-order valence-corrected chi connectivity index (χ3v) is 3.51. The number of piperazine rings is 1. The van der Waals surface area contributed by atoms with Crippen molar-refractivity contribution >= 4 is 0 Å². The summed E-state index contributed by atoms with van der Waals surface area (Å²) < 4.78 is 0. The Morgan fingerprint density at radius 3 is 2.75 bits per heavy atom. The van der Waals surface area contributed by atoms with Crippen molar-refractivity contribution in [3.05, 3.63) is 0 Å². The fraction of sp³-hybridized carbons (Fsp3) is 1.00. The molecule has 0 spiro atoms.